The van der Waals surface area contributed by atoms with Crippen LogP contribution in [0.5, 0.6) is 0 Å². The predicted octanol–water partition coefficient (Wildman–Crippen LogP) is 1.90. The molecule has 0 aromatic carbocycles. The van der Waals surface area contributed by atoms with Crippen LogP contribution in [0.1, 0.15) is 43.2 Å². The number of hydrogen-bond donors (Lipinski definition) is 1. The maximum Gasteiger partial charge on any atom is 0.159 e. The summed E-state index contributed by atoms with van der Waals surface area (Å²) < 4.78 is 2.07. The molecule has 0 saturated heterocycles. The Morgan fingerprint density at radius 3 is 2.88 bits per heavy atom. The van der Waals surface area contributed by atoms with Gasteiger partial charge in [-0.05, 0) is 25.8 Å². The summed E-state index contributed by atoms with van der Waals surface area (Å²) in [6.45, 7) is 1.74. The first-order valence-corrected chi connectivity index (χ1v) is 5.67. The molecule has 1 saturated carbocycles. The first-order chi connectivity index (χ1) is 7.66. The Labute approximate surface area is 93.9 Å². The first-order valence-electron chi connectivity index (χ1n) is 5.67. The number of hydrogen-bond acceptors (Lipinski definition) is 3. The summed E-state index contributed by atoms with van der Waals surface area (Å²) in [4.78, 5) is 8.98. The molecule has 1 unspecified atom stereocenters. The average Bonchev–Trinajstić information content (AvgIpc) is 3.04. The van der Waals surface area contributed by atoms with Crippen LogP contribution in [0, 0.1) is 0 Å². The third kappa shape index (κ3) is 1.41. The Balaban J connectivity index is 2.17. The van der Waals surface area contributed by atoms with Gasteiger partial charge < -0.3 is 9.67 Å². The van der Waals surface area contributed by atoms with E-state index < -0.39 is 6.10 Å². The number of aliphatic hydroxyl groups excluding tert-OH is 1. The summed E-state index contributed by atoms with van der Waals surface area (Å²) in [5, 5.41) is 9.51. The molecule has 4 nitrogen and oxygen atoms in total. The van der Waals surface area contributed by atoms with Gasteiger partial charge in [-0.3, -0.25) is 0 Å². The fourth-order valence-corrected chi connectivity index (χ4v) is 2.04. The van der Waals surface area contributed by atoms with Crippen molar-refractivity contribution in [3.8, 4) is 0 Å². The van der Waals surface area contributed by atoms with Crippen LogP contribution in [0.4, 0.5) is 0 Å². The number of imidazole rings is 1. The number of nitrogens with zero attached hydrogens (tertiary/aromatic N) is 3. The van der Waals surface area contributed by atoms with Crippen molar-refractivity contribution in [1.82, 2.24) is 14.5 Å². The van der Waals surface area contributed by atoms with E-state index in [-0.39, 0.29) is 0 Å². The van der Waals surface area contributed by atoms with Crippen LogP contribution >= 0.6 is 0 Å². The van der Waals surface area contributed by atoms with Gasteiger partial charge >= 0.3 is 0 Å². The molecule has 0 radical (unpaired) electrons. The Bertz CT molecular complexity index is 540. The van der Waals surface area contributed by atoms with Gasteiger partial charge in [0.2, 0.25) is 0 Å². The van der Waals surface area contributed by atoms with Crippen molar-refractivity contribution in [2.75, 3.05) is 0 Å². The normalized spacial score (nSPS) is 17.9. The molecule has 0 spiro atoms. The fourth-order valence-electron chi connectivity index (χ4n) is 2.04. The van der Waals surface area contributed by atoms with Crippen LogP contribution in [0.25, 0.3) is 11.2 Å². The van der Waals surface area contributed by atoms with Gasteiger partial charge in [0.15, 0.2) is 5.65 Å². The molecular formula is C12H15N3O. The molecule has 3 rings (SSSR count). The highest BCUT2D eigenvalue weighted by molar-refractivity contribution is 5.72. The zero-order chi connectivity index (χ0) is 11.3. The lowest BCUT2D eigenvalue weighted by Gasteiger charge is -2.03. The van der Waals surface area contributed by atoms with Crippen LogP contribution in [0.2, 0.25) is 0 Å². The van der Waals surface area contributed by atoms with Gasteiger partial charge in [-0.1, -0.05) is 0 Å². The summed E-state index contributed by atoms with van der Waals surface area (Å²) in [7, 11) is 2.01. The van der Waals surface area contributed by atoms with Crippen LogP contribution < -0.4 is 0 Å². The molecule has 1 fully saturated rings. The maximum atomic E-state index is 9.51. The molecule has 2 aromatic heterocycles. The number of aromatic nitrogens is 3. The quantitative estimate of drug-likeness (QED) is 0.835. The van der Waals surface area contributed by atoms with Crippen molar-refractivity contribution >= 4 is 11.2 Å². The molecule has 16 heavy (non-hydrogen) atoms. The molecule has 1 atom stereocenters. The molecule has 0 aliphatic heterocycles. The number of aliphatic hydroxyl groups is 1. The molecule has 1 aliphatic carbocycles. The van der Waals surface area contributed by atoms with Gasteiger partial charge in [0.1, 0.15) is 11.3 Å². The van der Waals surface area contributed by atoms with Crippen LogP contribution in [0.3, 0.4) is 0 Å². The lowest BCUT2D eigenvalue weighted by atomic mass is 10.2. The summed E-state index contributed by atoms with van der Waals surface area (Å²) in [6.07, 6.45) is 3.72. The Hall–Kier alpha value is -1.42. The lowest BCUT2D eigenvalue weighted by molar-refractivity contribution is 0.199. The summed E-state index contributed by atoms with van der Waals surface area (Å²) in [5.74, 6) is 1.75. The second-order valence-electron chi connectivity index (χ2n) is 4.59. The monoisotopic (exact) mass is 217 g/mol. The van der Waals surface area contributed by atoms with Crippen molar-refractivity contribution < 1.29 is 5.11 Å². The molecule has 84 valence electrons. The van der Waals surface area contributed by atoms with Gasteiger partial charge in [0, 0.05) is 24.7 Å². The molecule has 2 heterocycles. The molecule has 4 heteroatoms. The van der Waals surface area contributed by atoms with Crippen LogP contribution in [-0.4, -0.2) is 19.6 Å². The van der Waals surface area contributed by atoms with E-state index in [0.29, 0.717) is 5.92 Å². The van der Waals surface area contributed by atoms with Gasteiger partial charge in [-0.25, -0.2) is 9.97 Å². The third-order valence-electron chi connectivity index (χ3n) is 3.19. The van der Waals surface area contributed by atoms with Crippen molar-refractivity contribution in [2.24, 2.45) is 7.05 Å². The molecule has 1 aliphatic rings. The second-order valence-corrected chi connectivity index (χ2v) is 4.59. The van der Waals surface area contributed by atoms with Crippen molar-refractivity contribution in [1.29, 1.82) is 0 Å². The van der Waals surface area contributed by atoms with E-state index in [4.69, 9.17) is 0 Å². The molecule has 0 amide bonds. The summed E-state index contributed by atoms with van der Waals surface area (Å²) in [5.41, 5.74) is 2.63. The van der Waals surface area contributed by atoms with Crippen LogP contribution in [0.15, 0.2) is 12.3 Å². The van der Waals surface area contributed by atoms with E-state index in [1.807, 2.05) is 13.1 Å². The summed E-state index contributed by atoms with van der Waals surface area (Å²) in [6, 6.07) is 1.93. The van der Waals surface area contributed by atoms with E-state index >= 15 is 0 Å². The fraction of sp³-hybridized carbons (Fsp3) is 0.500. The number of rotatable bonds is 2. The van der Waals surface area contributed by atoms with Gasteiger partial charge in [-0.2, -0.15) is 0 Å². The van der Waals surface area contributed by atoms with Crippen LogP contribution in [-0.2, 0) is 7.05 Å². The van der Waals surface area contributed by atoms with Gasteiger partial charge in [0.05, 0.1) is 6.10 Å². The maximum absolute atomic E-state index is 9.51. The number of aryl methyl sites for hydroxylation is 1. The van der Waals surface area contributed by atoms with E-state index in [1.165, 1.54) is 12.8 Å². The Morgan fingerprint density at radius 1 is 1.50 bits per heavy atom. The van der Waals surface area contributed by atoms with E-state index in [0.717, 1.165) is 22.6 Å². The second kappa shape index (κ2) is 3.28. The summed E-state index contributed by atoms with van der Waals surface area (Å²) >= 11 is 0. The minimum absolute atomic E-state index is 0.483. The minimum Gasteiger partial charge on any atom is -0.389 e. The zero-order valence-electron chi connectivity index (χ0n) is 9.51. The van der Waals surface area contributed by atoms with Crippen molar-refractivity contribution in [3.63, 3.8) is 0 Å². The van der Waals surface area contributed by atoms with Crippen molar-refractivity contribution in [2.45, 2.75) is 31.8 Å². The SMILES string of the molecule is CC(O)c1cnc2c(c1)nc(C1CC1)n2C. The Morgan fingerprint density at radius 2 is 2.25 bits per heavy atom. The first kappa shape index (κ1) is 9.78. The van der Waals surface area contributed by atoms with Gasteiger partial charge in [0.25, 0.3) is 0 Å². The minimum atomic E-state index is -0.483. The third-order valence-corrected chi connectivity index (χ3v) is 3.19. The number of pyridine rings is 1. The molecule has 0 bridgehead atoms. The van der Waals surface area contributed by atoms with Crippen molar-refractivity contribution in [3.05, 3.63) is 23.7 Å². The highest BCUT2D eigenvalue weighted by atomic mass is 16.3. The topological polar surface area (TPSA) is 50.9 Å². The molecular weight excluding hydrogens is 202 g/mol. The molecule has 2 aromatic rings. The highest BCUT2D eigenvalue weighted by Crippen LogP contribution is 2.40. The Kier molecular flexibility index (Phi) is 2.01. The average molecular weight is 217 g/mol. The van der Waals surface area contributed by atoms with E-state index in [9.17, 15) is 5.11 Å². The number of fused-ring (bicyclic) bond motifs is 1. The standard InChI is InChI=1S/C12H15N3O/c1-7(16)9-5-10-12(13-6-9)15(2)11(14-10)8-3-4-8/h5-8,16H,3-4H2,1-2H3. The zero-order valence-corrected chi connectivity index (χ0v) is 9.51. The van der Waals surface area contributed by atoms with Gasteiger partial charge in [-0.15, -0.1) is 0 Å². The smallest absolute Gasteiger partial charge is 0.159 e. The lowest BCUT2D eigenvalue weighted by Crippen LogP contribution is -1.97. The largest absolute Gasteiger partial charge is 0.389 e. The highest BCUT2D eigenvalue weighted by Gasteiger charge is 2.28. The van der Waals surface area contributed by atoms with E-state index in [1.54, 1.807) is 13.1 Å². The molecule has 1 N–H and O–H groups in total. The predicted molar refractivity (Wildman–Crippen MR) is 61.1 cm³/mol. The van der Waals surface area contributed by atoms with E-state index in [2.05, 4.69) is 14.5 Å².